The molecular formula is C14H27N3O3. The molecule has 0 unspecified atom stereocenters. The fourth-order valence-electron chi connectivity index (χ4n) is 1.59. The Labute approximate surface area is 121 Å². The zero-order valence-electron chi connectivity index (χ0n) is 12.8. The Kier molecular flexibility index (Phi) is 6.78. The van der Waals surface area contributed by atoms with Crippen LogP contribution in [0.1, 0.15) is 46.5 Å². The molecule has 3 N–H and O–H groups in total. The molecular weight excluding hydrogens is 258 g/mol. The summed E-state index contributed by atoms with van der Waals surface area (Å²) >= 11 is 0. The molecule has 0 aromatic heterocycles. The summed E-state index contributed by atoms with van der Waals surface area (Å²) in [6, 6.07) is 0.438. The summed E-state index contributed by atoms with van der Waals surface area (Å²) < 4.78 is 5.11. The predicted molar refractivity (Wildman–Crippen MR) is 77.5 cm³/mol. The van der Waals surface area contributed by atoms with Gasteiger partial charge in [-0.15, -0.1) is 0 Å². The summed E-state index contributed by atoms with van der Waals surface area (Å²) in [5.41, 5.74) is -0.466. The van der Waals surface area contributed by atoms with Crippen LogP contribution in [0.4, 0.5) is 4.79 Å². The van der Waals surface area contributed by atoms with Crippen LogP contribution in [0.3, 0.4) is 0 Å². The van der Waals surface area contributed by atoms with E-state index >= 15 is 0 Å². The summed E-state index contributed by atoms with van der Waals surface area (Å²) in [6.07, 6.45) is 3.22. The van der Waals surface area contributed by atoms with Crippen molar-refractivity contribution in [3.05, 3.63) is 0 Å². The molecule has 0 aromatic carbocycles. The number of carbonyl (C=O) groups excluding carboxylic acids is 2. The first-order chi connectivity index (χ1) is 9.37. The number of alkyl carbamates (subject to hydrolysis) is 1. The molecule has 6 nitrogen and oxygen atoms in total. The number of ether oxygens (including phenoxy) is 1. The number of nitrogens with one attached hydrogen (secondary N) is 3. The third-order valence-electron chi connectivity index (χ3n) is 2.67. The molecule has 20 heavy (non-hydrogen) atoms. The van der Waals surface area contributed by atoms with E-state index < -0.39 is 11.7 Å². The van der Waals surface area contributed by atoms with Crippen LogP contribution in [0.15, 0.2) is 0 Å². The summed E-state index contributed by atoms with van der Waals surface area (Å²) in [7, 11) is 0. The Morgan fingerprint density at radius 1 is 1.15 bits per heavy atom. The molecule has 1 saturated carbocycles. The largest absolute Gasteiger partial charge is 0.444 e. The quantitative estimate of drug-likeness (QED) is 0.585. The summed E-state index contributed by atoms with van der Waals surface area (Å²) in [6.45, 7) is 7.45. The van der Waals surface area contributed by atoms with Gasteiger partial charge in [-0.2, -0.15) is 0 Å². The van der Waals surface area contributed by atoms with Gasteiger partial charge in [-0.3, -0.25) is 4.79 Å². The van der Waals surface area contributed by atoms with Crippen LogP contribution in [0, 0.1) is 0 Å². The third-order valence-corrected chi connectivity index (χ3v) is 2.67. The molecule has 0 aromatic rings. The van der Waals surface area contributed by atoms with E-state index in [2.05, 4.69) is 16.0 Å². The smallest absolute Gasteiger partial charge is 0.407 e. The molecule has 0 saturated heterocycles. The maximum absolute atomic E-state index is 11.4. The van der Waals surface area contributed by atoms with Crippen LogP contribution in [-0.2, 0) is 9.53 Å². The molecule has 1 rings (SSSR count). The van der Waals surface area contributed by atoms with Crippen molar-refractivity contribution in [3.63, 3.8) is 0 Å². The van der Waals surface area contributed by atoms with Crippen LogP contribution >= 0.6 is 0 Å². The minimum absolute atomic E-state index is 0.140. The predicted octanol–water partition coefficient (Wildman–Crippen LogP) is 1.16. The molecule has 0 bridgehead atoms. The molecule has 0 radical (unpaired) electrons. The van der Waals surface area contributed by atoms with E-state index in [9.17, 15) is 9.59 Å². The first-order valence-corrected chi connectivity index (χ1v) is 7.34. The zero-order chi connectivity index (χ0) is 15.0. The lowest BCUT2D eigenvalue weighted by atomic mass is 10.2. The lowest BCUT2D eigenvalue weighted by Gasteiger charge is -2.19. The highest BCUT2D eigenvalue weighted by Gasteiger charge is 2.22. The minimum atomic E-state index is -0.466. The van der Waals surface area contributed by atoms with E-state index in [1.54, 1.807) is 0 Å². The van der Waals surface area contributed by atoms with Crippen molar-refractivity contribution in [2.75, 3.05) is 19.6 Å². The maximum Gasteiger partial charge on any atom is 0.407 e. The second kappa shape index (κ2) is 8.09. The zero-order valence-corrected chi connectivity index (χ0v) is 12.8. The van der Waals surface area contributed by atoms with Crippen molar-refractivity contribution in [1.29, 1.82) is 0 Å². The number of carbonyl (C=O) groups is 2. The van der Waals surface area contributed by atoms with Gasteiger partial charge in [-0.25, -0.2) is 4.79 Å². The van der Waals surface area contributed by atoms with Crippen molar-refractivity contribution >= 4 is 12.0 Å². The standard InChI is InChI=1S/C14H27N3O3/c1-14(2,3)20-13(19)16-10-9-15-8-4-5-12(18)17-11-6-7-11/h11,15H,4-10H2,1-3H3,(H,16,19)(H,17,18). The summed E-state index contributed by atoms with van der Waals surface area (Å²) in [4.78, 5) is 22.7. The normalized spacial score (nSPS) is 14.8. The molecule has 1 aliphatic rings. The van der Waals surface area contributed by atoms with Crippen molar-refractivity contribution in [2.24, 2.45) is 0 Å². The highest BCUT2D eigenvalue weighted by atomic mass is 16.6. The van der Waals surface area contributed by atoms with Gasteiger partial charge >= 0.3 is 6.09 Å². The van der Waals surface area contributed by atoms with Crippen LogP contribution < -0.4 is 16.0 Å². The van der Waals surface area contributed by atoms with Gasteiger partial charge in [0, 0.05) is 25.6 Å². The van der Waals surface area contributed by atoms with E-state index in [1.165, 1.54) is 0 Å². The summed E-state index contributed by atoms with van der Waals surface area (Å²) in [5.74, 6) is 0.140. The average Bonchev–Trinajstić information content (AvgIpc) is 3.09. The average molecular weight is 285 g/mol. The van der Waals surface area contributed by atoms with Gasteiger partial charge in [0.05, 0.1) is 0 Å². The van der Waals surface area contributed by atoms with E-state index in [0.717, 1.165) is 25.8 Å². The van der Waals surface area contributed by atoms with Gasteiger partial charge in [-0.05, 0) is 46.6 Å². The Bertz CT molecular complexity index is 322. The van der Waals surface area contributed by atoms with Gasteiger partial charge in [0.25, 0.3) is 0 Å². The minimum Gasteiger partial charge on any atom is -0.444 e. The molecule has 116 valence electrons. The van der Waals surface area contributed by atoms with Crippen molar-refractivity contribution in [2.45, 2.75) is 58.1 Å². The van der Waals surface area contributed by atoms with Crippen molar-refractivity contribution in [3.8, 4) is 0 Å². The lowest BCUT2D eigenvalue weighted by Crippen LogP contribution is -2.36. The van der Waals surface area contributed by atoms with E-state index in [0.29, 0.717) is 25.6 Å². The first kappa shape index (κ1) is 16.8. The number of amides is 2. The fourth-order valence-corrected chi connectivity index (χ4v) is 1.59. The lowest BCUT2D eigenvalue weighted by molar-refractivity contribution is -0.121. The molecule has 0 heterocycles. The number of hydrogen-bond acceptors (Lipinski definition) is 4. The van der Waals surface area contributed by atoms with Crippen LogP contribution in [0.5, 0.6) is 0 Å². The first-order valence-electron chi connectivity index (χ1n) is 7.34. The third kappa shape index (κ3) is 9.61. The number of rotatable bonds is 8. The van der Waals surface area contributed by atoms with Gasteiger partial charge < -0.3 is 20.7 Å². The SMILES string of the molecule is CC(C)(C)OC(=O)NCCNCCCC(=O)NC1CC1. The van der Waals surface area contributed by atoms with E-state index in [-0.39, 0.29) is 5.91 Å². The van der Waals surface area contributed by atoms with Gasteiger partial charge in [0.1, 0.15) is 5.60 Å². The Hall–Kier alpha value is -1.30. The number of hydrogen-bond donors (Lipinski definition) is 3. The highest BCUT2D eigenvalue weighted by molar-refractivity contribution is 5.76. The van der Waals surface area contributed by atoms with Crippen LogP contribution in [0.2, 0.25) is 0 Å². The van der Waals surface area contributed by atoms with E-state index in [4.69, 9.17) is 4.74 Å². The van der Waals surface area contributed by atoms with Crippen molar-refractivity contribution < 1.29 is 14.3 Å². The Balaban J connectivity index is 1.86. The molecule has 2 amide bonds. The molecule has 0 aliphatic heterocycles. The Morgan fingerprint density at radius 2 is 1.85 bits per heavy atom. The van der Waals surface area contributed by atoms with Gasteiger partial charge in [0.15, 0.2) is 0 Å². The monoisotopic (exact) mass is 285 g/mol. The van der Waals surface area contributed by atoms with Crippen LogP contribution in [0.25, 0.3) is 0 Å². The second-order valence-corrected chi connectivity index (χ2v) is 6.12. The fraction of sp³-hybridized carbons (Fsp3) is 0.857. The molecule has 0 atom stereocenters. The maximum atomic E-state index is 11.4. The van der Waals surface area contributed by atoms with Crippen molar-refractivity contribution in [1.82, 2.24) is 16.0 Å². The second-order valence-electron chi connectivity index (χ2n) is 6.12. The topological polar surface area (TPSA) is 79.5 Å². The molecule has 0 spiro atoms. The highest BCUT2D eigenvalue weighted by Crippen LogP contribution is 2.18. The van der Waals surface area contributed by atoms with Gasteiger partial charge in [-0.1, -0.05) is 0 Å². The molecule has 1 aliphatic carbocycles. The van der Waals surface area contributed by atoms with E-state index in [1.807, 2.05) is 20.8 Å². The van der Waals surface area contributed by atoms with Crippen LogP contribution in [-0.4, -0.2) is 43.3 Å². The Morgan fingerprint density at radius 3 is 2.45 bits per heavy atom. The molecule has 6 heteroatoms. The summed E-state index contributed by atoms with van der Waals surface area (Å²) in [5, 5.41) is 8.80. The van der Waals surface area contributed by atoms with Gasteiger partial charge in [0.2, 0.25) is 5.91 Å². The molecule has 1 fully saturated rings.